The number of hydrogen-bond donors (Lipinski definition) is 1. The molecule has 1 N–H and O–H groups in total. The minimum atomic E-state index is -0.366. The summed E-state index contributed by atoms with van der Waals surface area (Å²) in [5.41, 5.74) is 0.873. The van der Waals surface area contributed by atoms with E-state index in [-0.39, 0.29) is 12.0 Å². The smallest absolute Gasteiger partial charge is 0.290 e. The predicted molar refractivity (Wildman–Crippen MR) is 54.7 cm³/mol. The number of rotatable bonds is 2. The predicted octanol–water partition coefficient (Wildman–Crippen LogP) is 0.967. The molecule has 1 saturated heterocycles. The number of β-amino-alcohol motifs (C(OH)–C–C–N with tert-alkyl or cyclic N) is 1. The molecule has 82 valence electrons. The topological polar surface area (TPSA) is 53.7 Å². The Labute approximate surface area is 88.5 Å². The fourth-order valence-electron chi connectivity index (χ4n) is 1.70. The minimum absolute atomic E-state index is 0.113. The Balaban J connectivity index is 2.14. The van der Waals surface area contributed by atoms with Crippen LogP contribution in [0.2, 0.25) is 0 Å². The van der Waals surface area contributed by atoms with Gasteiger partial charge in [0.1, 0.15) is 5.76 Å². The van der Waals surface area contributed by atoms with Crippen LogP contribution in [0, 0.1) is 6.92 Å². The summed E-state index contributed by atoms with van der Waals surface area (Å²) in [6.07, 6.45) is 0.423. The molecular formula is C11H15NO3. The van der Waals surface area contributed by atoms with E-state index in [4.69, 9.17) is 9.52 Å². The van der Waals surface area contributed by atoms with Crippen LogP contribution in [0.4, 0.5) is 0 Å². The highest BCUT2D eigenvalue weighted by Gasteiger charge is 2.32. The second kappa shape index (κ2) is 3.70. The van der Waals surface area contributed by atoms with E-state index in [0.717, 1.165) is 17.7 Å². The van der Waals surface area contributed by atoms with E-state index in [1.165, 1.54) is 0 Å². The first kappa shape index (κ1) is 10.2. The van der Waals surface area contributed by atoms with Crippen LogP contribution in [0.3, 0.4) is 0 Å². The molecule has 4 nitrogen and oxygen atoms in total. The number of aliphatic hydroxyl groups excluding tert-OH is 1. The highest BCUT2D eigenvalue weighted by Crippen LogP contribution is 2.20. The van der Waals surface area contributed by atoms with Crippen LogP contribution in [0.5, 0.6) is 0 Å². The number of aliphatic hydroxyl groups is 1. The SMILES string of the molecule is CCc1cc(C)c(C(=O)N2CC(O)C2)o1. The zero-order chi connectivity index (χ0) is 11.0. The van der Waals surface area contributed by atoms with Crippen LogP contribution in [0.15, 0.2) is 10.5 Å². The third kappa shape index (κ3) is 1.77. The normalized spacial score (nSPS) is 16.6. The van der Waals surface area contributed by atoms with Gasteiger partial charge in [-0.05, 0) is 13.0 Å². The van der Waals surface area contributed by atoms with Gasteiger partial charge in [-0.1, -0.05) is 6.92 Å². The number of carbonyl (C=O) groups is 1. The molecule has 4 heteroatoms. The lowest BCUT2D eigenvalue weighted by Gasteiger charge is -2.35. The summed E-state index contributed by atoms with van der Waals surface area (Å²) < 4.78 is 5.44. The first-order valence-corrected chi connectivity index (χ1v) is 5.18. The number of carbonyl (C=O) groups excluding carboxylic acids is 1. The van der Waals surface area contributed by atoms with Gasteiger partial charge in [0.2, 0.25) is 0 Å². The lowest BCUT2D eigenvalue weighted by molar-refractivity contribution is 0.00377. The van der Waals surface area contributed by atoms with Crippen molar-refractivity contribution in [1.82, 2.24) is 4.90 Å². The van der Waals surface area contributed by atoms with E-state index in [2.05, 4.69) is 0 Å². The molecule has 0 radical (unpaired) electrons. The fourth-order valence-corrected chi connectivity index (χ4v) is 1.70. The van der Waals surface area contributed by atoms with E-state index in [1.54, 1.807) is 4.90 Å². The van der Waals surface area contributed by atoms with Crippen molar-refractivity contribution in [2.24, 2.45) is 0 Å². The van der Waals surface area contributed by atoms with Gasteiger partial charge in [0.15, 0.2) is 5.76 Å². The third-order valence-electron chi connectivity index (χ3n) is 2.66. The molecule has 1 aromatic rings. The van der Waals surface area contributed by atoms with Crippen LogP contribution < -0.4 is 0 Å². The van der Waals surface area contributed by atoms with Crippen LogP contribution >= 0.6 is 0 Å². The summed E-state index contributed by atoms with van der Waals surface area (Å²) in [5, 5.41) is 9.11. The average Bonchev–Trinajstić information content (AvgIpc) is 2.54. The van der Waals surface area contributed by atoms with Crippen molar-refractivity contribution in [3.8, 4) is 0 Å². The lowest BCUT2D eigenvalue weighted by atomic mass is 10.1. The molecule has 0 spiro atoms. The maximum absolute atomic E-state index is 11.8. The Hall–Kier alpha value is -1.29. The van der Waals surface area contributed by atoms with Crippen molar-refractivity contribution >= 4 is 5.91 Å². The molecule has 15 heavy (non-hydrogen) atoms. The maximum Gasteiger partial charge on any atom is 0.290 e. The van der Waals surface area contributed by atoms with Gasteiger partial charge in [-0.2, -0.15) is 0 Å². The first-order chi connectivity index (χ1) is 7.11. The van der Waals surface area contributed by atoms with E-state index in [0.29, 0.717) is 18.8 Å². The molecule has 1 amide bonds. The molecule has 1 aliphatic heterocycles. The van der Waals surface area contributed by atoms with Crippen molar-refractivity contribution in [2.45, 2.75) is 26.4 Å². The van der Waals surface area contributed by atoms with Crippen molar-refractivity contribution in [2.75, 3.05) is 13.1 Å². The first-order valence-electron chi connectivity index (χ1n) is 5.18. The Kier molecular flexibility index (Phi) is 2.52. The molecule has 2 heterocycles. The fraction of sp³-hybridized carbons (Fsp3) is 0.545. The number of likely N-dealkylation sites (tertiary alicyclic amines) is 1. The Morgan fingerprint density at radius 2 is 2.33 bits per heavy atom. The Morgan fingerprint density at radius 1 is 1.67 bits per heavy atom. The van der Waals surface area contributed by atoms with Gasteiger partial charge in [-0.25, -0.2) is 0 Å². The summed E-state index contributed by atoms with van der Waals surface area (Å²) in [7, 11) is 0. The van der Waals surface area contributed by atoms with Crippen molar-refractivity contribution in [3.63, 3.8) is 0 Å². The van der Waals surface area contributed by atoms with Gasteiger partial charge in [-0.3, -0.25) is 4.79 Å². The largest absolute Gasteiger partial charge is 0.456 e. The van der Waals surface area contributed by atoms with Crippen LogP contribution in [0.25, 0.3) is 0 Å². The van der Waals surface area contributed by atoms with Gasteiger partial charge in [0, 0.05) is 25.1 Å². The van der Waals surface area contributed by atoms with Gasteiger partial charge in [0.25, 0.3) is 5.91 Å². The molecule has 1 aromatic heterocycles. The standard InChI is InChI=1S/C11H15NO3/c1-3-9-4-7(2)10(15-9)11(14)12-5-8(13)6-12/h4,8,13H,3,5-6H2,1-2H3. The quantitative estimate of drug-likeness (QED) is 0.789. The molecule has 0 aliphatic carbocycles. The van der Waals surface area contributed by atoms with E-state index >= 15 is 0 Å². The molecule has 0 aromatic carbocycles. The summed E-state index contributed by atoms with van der Waals surface area (Å²) in [4.78, 5) is 13.4. The zero-order valence-electron chi connectivity index (χ0n) is 8.99. The van der Waals surface area contributed by atoms with Crippen LogP contribution in [-0.4, -0.2) is 35.1 Å². The van der Waals surface area contributed by atoms with Gasteiger partial charge in [0.05, 0.1) is 6.10 Å². The third-order valence-corrected chi connectivity index (χ3v) is 2.66. The molecular weight excluding hydrogens is 194 g/mol. The second-order valence-electron chi connectivity index (χ2n) is 3.94. The van der Waals surface area contributed by atoms with E-state index < -0.39 is 0 Å². The van der Waals surface area contributed by atoms with Gasteiger partial charge < -0.3 is 14.4 Å². The second-order valence-corrected chi connectivity index (χ2v) is 3.94. The van der Waals surface area contributed by atoms with Crippen molar-refractivity contribution < 1.29 is 14.3 Å². The highest BCUT2D eigenvalue weighted by molar-refractivity contribution is 5.93. The molecule has 0 bridgehead atoms. The van der Waals surface area contributed by atoms with Crippen molar-refractivity contribution in [3.05, 3.63) is 23.2 Å². The number of amides is 1. The van der Waals surface area contributed by atoms with Gasteiger partial charge in [-0.15, -0.1) is 0 Å². The van der Waals surface area contributed by atoms with Crippen LogP contribution in [-0.2, 0) is 6.42 Å². The molecule has 0 unspecified atom stereocenters. The number of furan rings is 1. The van der Waals surface area contributed by atoms with Crippen molar-refractivity contribution in [1.29, 1.82) is 0 Å². The summed E-state index contributed by atoms with van der Waals surface area (Å²) in [6, 6.07) is 1.89. The zero-order valence-corrected chi connectivity index (χ0v) is 8.99. The Morgan fingerprint density at radius 3 is 2.80 bits per heavy atom. The minimum Gasteiger partial charge on any atom is -0.456 e. The molecule has 1 fully saturated rings. The number of aryl methyl sites for hydroxylation is 2. The molecule has 1 aliphatic rings. The summed E-state index contributed by atoms with van der Waals surface area (Å²) >= 11 is 0. The molecule has 0 atom stereocenters. The number of hydrogen-bond acceptors (Lipinski definition) is 3. The molecule has 2 rings (SSSR count). The van der Waals surface area contributed by atoms with E-state index in [1.807, 2.05) is 19.9 Å². The monoisotopic (exact) mass is 209 g/mol. The summed E-state index contributed by atoms with van der Waals surface area (Å²) in [6.45, 7) is 4.69. The van der Waals surface area contributed by atoms with Crippen LogP contribution in [0.1, 0.15) is 28.8 Å². The highest BCUT2D eigenvalue weighted by atomic mass is 16.4. The molecule has 0 saturated carbocycles. The average molecular weight is 209 g/mol. The lowest BCUT2D eigenvalue weighted by Crippen LogP contribution is -2.53. The Bertz CT molecular complexity index is 377. The number of nitrogens with zero attached hydrogens (tertiary/aromatic N) is 1. The summed E-state index contributed by atoms with van der Waals surface area (Å²) in [5.74, 6) is 1.13. The van der Waals surface area contributed by atoms with E-state index in [9.17, 15) is 4.79 Å². The van der Waals surface area contributed by atoms with Gasteiger partial charge >= 0.3 is 0 Å². The maximum atomic E-state index is 11.8.